The Hall–Kier alpha value is -3.33. The predicted molar refractivity (Wildman–Crippen MR) is 97.6 cm³/mol. The minimum absolute atomic E-state index is 0.105. The molecule has 136 valence electrons. The molecule has 1 aromatic carbocycles. The van der Waals surface area contributed by atoms with Gasteiger partial charge in [-0.1, -0.05) is 6.07 Å². The SMILES string of the molecule is CNc1nn2ccc(-c3ccncc3)nc2c1S(=O)(=O)c1cccc(F)c1. The van der Waals surface area contributed by atoms with Crippen LogP contribution in [0.2, 0.25) is 0 Å². The molecule has 0 aliphatic heterocycles. The minimum atomic E-state index is -4.05. The van der Waals surface area contributed by atoms with E-state index in [-0.39, 0.29) is 21.3 Å². The highest BCUT2D eigenvalue weighted by Gasteiger charge is 2.29. The number of aromatic nitrogens is 4. The topological polar surface area (TPSA) is 89.2 Å². The first-order valence-corrected chi connectivity index (χ1v) is 9.47. The van der Waals surface area contributed by atoms with Crippen molar-refractivity contribution in [2.45, 2.75) is 9.79 Å². The van der Waals surface area contributed by atoms with E-state index in [1.54, 1.807) is 43.8 Å². The summed E-state index contributed by atoms with van der Waals surface area (Å²) < 4.78 is 41.3. The van der Waals surface area contributed by atoms with Gasteiger partial charge in [-0.05, 0) is 36.4 Å². The Kier molecular flexibility index (Phi) is 4.08. The number of hydrogen-bond donors (Lipinski definition) is 1. The molecule has 0 amide bonds. The van der Waals surface area contributed by atoms with Gasteiger partial charge in [0.2, 0.25) is 9.84 Å². The van der Waals surface area contributed by atoms with Crippen molar-refractivity contribution in [1.29, 1.82) is 0 Å². The van der Waals surface area contributed by atoms with Crippen molar-refractivity contribution in [3.8, 4) is 11.3 Å². The Labute approximate surface area is 154 Å². The fourth-order valence-corrected chi connectivity index (χ4v) is 4.29. The molecule has 3 aromatic heterocycles. The minimum Gasteiger partial charge on any atom is -0.370 e. The maximum Gasteiger partial charge on any atom is 0.214 e. The molecule has 4 rings (SSSR count). The Balaban J connectivity index is 1.98. The fourth-order valence-electron chi connectivity index (χ4n) is 2.76. The summed E-state index contributed by atoms with van der Waals surface area (Å²) in [6, 6.07) is 10.1. The number of anilines is 1. The summed E-state index contributed by atoms with van der Waals surface area (Å²) in [5.74, 6) is -0.498. The van der Waals surface area contributed by atoms with E-state index in [1.165, 1.54) is 22.7 Å². The molecule has 7 nitrogen and oxygen atoms in total. The number of halogens is 1. The molecule has 9 heteroatoms. The van der Waals surface area contributed by atoms with Crippen molar-refractivity contribution in [1.82, 2.24) is 19.6 Å². The van der Waals surface area contributed by atoms with Gasteiger partial charge in [-0.3, -0.25) is 4.98 Å². The number of rotatable bonds is 4. The Morgan fingerprint density at radius 1 is 1.11 bits per heavy atom. The maximum atomic E-state index is 13.6. The lowest BCUT2D eigenvalue weighted by Gasteiger charge is -2.06. The average Bonchev–Trinajstić information content (AvgIpc) is 3.07. The van der Waals surface area contributed by atoms with Gasteiger partial charge in [0, 0.05) is 31.2 Å². The van der Waals surface area contributed by atoms with E-state index in [0.717, 1.165) is 11.6 Å². The molecule has 3 heterocycles. The molecule has 0 bridgehead atoms. The molecule has 0 atom stereocenters. The van der Waals surface area contributed by atoms with Crippen LogP contribution in [-0.4, -0.2) is 35.0 Å². The first kappa shape index (κ1) is 17.1. The molecule has 0 spiro atoms. The highest BCUT2D eigenvalue weighted by atomic mass is 32.2. The van der Waals surface area contributed by atoms with Crippen LogP contribution in [0.25, 0.3) is 16.9 Å². The van der Waals surface area contributed by atoms with Crippen LogP contribution in [0.15, 0.2) is 70.8 Å². The van der Waals surface area contributed by atoms with Gasteiger partial charge < -0.3 is 5.32 Å². The van der Waals surface area contributed by atoms with Crippen LogP contribution in [0.1, 0.15) is 0 Å². The van der Waals surface area contributed by atoms with Crippen LogP contribution in [-0.2, 0) is 9.84 Å². The van der Waals surface area contributed by atoms with Crippen LogP contribution in [0.3, 0.4) is 0 Å². The number of hydrogen-bond acceptors (Lipinski definition) is 6. The van der Waals surface area contributed by atoms with Crippen LogP contribution in [0, 0.1) is 5.82 Å². The lowest BCUT2D eigenvalue weighted by Crippen LogP contribution is -2.06. The number of nitrogens with zero attached hydrogens (tertiary/aromatic N) is 4. The molecule has 4 aromatic rings. The number of nitrogens with one attached hydrogen (secondary N) is 1. The van der Waals surface area contributed by atoms with Crippen molar-refractivity contribution in [3.63, 3.8) is 0 Å². The van der Waals surface area contributed by atoms with Crippen molar-refractivity contribution in [2.24, 2.45) is 0 Å². The number of fused-ring (bicyclic) bond motifs is 1. The molecule has 1 N–H and O–H groups in total. The van der Waals surface area contributed by atoms with Crippen LogP contribution < -0.4 is 5.32 Å². The molecule has 0 saturated carbocycles. The standard InChI is InChI=1S/C18H14FN5O2S/c1-20-17-16(27(25,26)14-4-2-3-13(19)11-14)18-22-15(7-10-24(18)23-17)12-5-8-21-9-6-12/h2-11H,1H3,(H,20,23). The second-order valence-electron chi connectivity index (χ2n) is 5.71. The summed E-state index contributed by atoms with van der Waals surface area (Å²) in [4.78, 5) is 8.19. The van der Waals surface area contributed by atoms with Gasteiger partial charge in [0.15, 0.2) is 16.4 Å². The van der Waals surface area contributed by atoms with E-state index >= 15 is 0 Å². The van der Waals surface area contributed by atoms with Gasteiger partial charge >= 0.3 is 0 Å². The highest BCUT2D eigenvalue weighted by Crippen LogP contribution is 2.31. The van der Waals surface area contributed by atoms with Crippen molar-refractivity contribution >= 4 is 21.3 Å². The van der Waals surface area contributed by atoms with Crippen LogP contribution in [0.4, 0.5) is 10.2 Å². The monoisotopic (exact) mass is 383 g/mol. The molecular weight excluding hydrogens is 369 g/mol. The Morgan fingerprint density at radius 2 is 1.89 bits per heavy atom. The third kappa shape index (κ3) is 2.91. The average molecular weight is 383 g/mol. The molecule has 27 heavy (non-hydrogen) atoms. The Bertz CT molecular complexity index is 1240. The largest absolute Gasteiger partial charge is 0.370 e. The summed E-state index contributed by atoms with van der Waals surface area (Å²) in [7, 11) is -2.48. The molecular formula is C18H14FN5O2S. The third-order valence-electron chi connectivity index (χ3n) is 4.03. The normalized spacial score (nSPS) is 11.6. The quantitative estimate of drug-likeness (QED) is 0.583. The number of sulfone groups is 1. The van der Waals surface area contributed by atoms with Gasteiger partial charge in [0.25, 0.3) is 0 Å². The lowest BCUT2D eigenvalue weighted by atomic mass is 10.2. The maximum absolute atomic E-state index is 13.6. The smallest absolute Gasteiger partial charge is 0.214 e. The third-order valence-corrected chi connectivity index (χ3v) is 5.82. The van der Waals surface area contributed by atoms with Crippen molar-refractivity contribution < 1.29 is 12.8 Å². The zero-order valence-corrected chi connectivity index (χ0v) is 15.0. The van der Waals surface area contributed by atoms with Gasteiger partial charge in [0.1, 0.15) is 5.82 Å². The first-order chi connectivity index (χ1) is 13.0. The van der Waals surface area contributed by atoms with Crippen LogP contribution in [0.5, 0.6) is 0 Å². The van der Waals surface area contributed by atoms with Crippen LogP contribution >= 0.6 is 0 Å². The van der Waals surface area contributed by atoms with E-state index in [4.69, 9.17) is 0 Å². The van der Waals surface area contributed by atoms with Gasteiger partial charge in [-0.25, -0.2) is 22.3 Å². The van der Waals surface area contributed by atoms with E-state index < -0.39 is 15.7 Å². The Morgan fingerprint density at radius 3 is 2.59 bits per heavy atom. The van der Waals surface area contributed by atoms with Crippen molar-refractivity contribution in [2.75, 3.05) is 12.4 Å². The molecule has 0 aliphatic carbocycles. The molecule has 0 aliphatic rings. The summed E-state index contributed by atoms with van der Waals surface area (Å²) in [5.41, 5.74) is 1.51. The summed E-state index contributed by atoms with van der Waals surface area (Å²) in [6.45, 7) is 0. The molecule has 0 saturated heterocycles. The zero-order chi connectivity index (χ0) is 19.0. The molecule has 0 radical (unpaired) electrons. The van der Waals surface area contributed by atoms with E-state index in [2.05, 4.69) is 20.4 Å². The van der Waals surface area contributed by atoms with Gasteiger partial charge in [-0.2, -0.15) is 0 Å². The first-order valence-electron chi connectivity index (χ1n) is 7.99. The lowest BCUT2D eigenvalue weighted by molar-refractivity contribution is 0.591. The summed E-state index contributed by atoms with van der Waals surface area (Å²) in [5, 5.41) is 7.02. The highest BCUT2D eigenvalue weighted by molar-refractivity contribution is 7.91. The number of benzene rings is 1. The number of pyridine rings is 1. The van der Waals surface area contributed by atoms with E-state index in [1.807, 2.05) is 0 Å². The van der Waals surface area contributed by atoms with E-state index in [9.17, 15) is 12.8 Å². The zero-order valence-electron chi connectivity index (χ0n) is 14.2. The summed E-state index contributed by atoms with van der Waals surface area (Å²) >= 11 is 0. The fraction of sp³-hybridized carbons (Fsp3) is 0.0556. The van der Waals surface area contributed by atoms with Gasteiger partial charge in [0.05, 0.1) is 10.6 Å². The molecule has 0 fully saturated rings. The second-order valence-corrected chi connectivity index (χ2v) is 7.59. The van der Waals surface area contributed by atoms with Crippen molar-refractivity contribution in [3.05, 3.63) is 66.9 Å². The summed E-state index contributed by atoms with van der Waals surface area (Å²) in [6.07, 6.45) is 4.88. The van der Waals surface area contributed by atoms with Gasteiger partial charge in [-0.15, -0.1) is 5.10 Å². The van der Waals surface area contributed by atoms with E-state index in [0.29, 0.717) is 5.69 Å². The second kappa shape index (κ2) is 6.44. The molecule has 0 unspecified atom stereocenters. The predicted octanol–water partition coefficient (Wildman–Crippen LogP) is 2.80.